The molecule has 0 saturated heterocycles. The van der Waals surface area contributed by atoms with Crippen molar-refractivity contribution in [3.05, 3.63) is 58.4 Å². The van der Waals surface area contributed by atoms with E-state index in [0.717, 1.165) is 16.9 Å². The van der Waals surface area contributed by atoms with Gasteiger partial charge in [0.15, 0.2) is 0 Å². The van der Waals surface area contributed by atoms with Crippen LogP contribution in [0.2, 0.25) is 0 Å². The highest BCUT2D eigenvalue weighted by atomic mass is 32.1. The van der Waals surface area contributed by atoms with Crippen molar-refractivity contribution in [1.29, 1.82) is 0 Å². The molecule has 0 fully saturated rings. The maximum absolute atomic E-state index is 11.0. The molecule has 0 radical (unpaired) electrons. The molecule has 0 bridgehead atoms. The third-order valence-corrected chi connectivity index (χ3v) is 4.07. The number of nitrogens with zero attached hydrogens (tertiary/aromatic N) is 4. The standard InChI is InChI=1S/C15H12N4O2S/c1-10-13(14(20)21)22-15(16-10)19-9-12(17-18-19)8-7-11-5-3-2-4-6-11/h2-9H,1H3,(H,20,21). The van der Waals surface area contributed by atoms with Gasteiger partial charge < -0.3 is 5.11 Å². The van der Waals surface area contributed by atoms with E-state index in [0.29, 0.717) is 16.5 Å². The summed E-state index contributed by atoms with van der Waals surface area (Å²) in [6.45, 7) is 1.66. The molecule has 3 aromatic rings. The van der Waals surface area contributed by atoms with Crippen molar-refractivity contribution < 1.29 is 9.90 Å². The quantitative estimate of drug-likeness (QED) is 0.801. The Labute approximate surface area is 130 Å². The van der Waals surface area contributed by atoms with Crippen LogP contribution >= 0.6 is 11.3 Å². The topological polar surface area (TPSA) is 80.9 Å². The highest BCUT2D eigenvalue weighted by Crippen LogP contribution is 2.21. The van der Waals surface area contributed by atoms with Gasteiger partial charge in [0.2, 0.25) is 5.13 Å². The third-order valence-electron chi connectivity index (χ3n) is 2.93. The molecule has 1 N–H and O–H groups in total. The molecule has 2 heterocycles. The largest absolute Gasteiger partial charge is 0.477 e. The van der Waals surface area contributed by atoms with Crippen LogP contribution in [0.15, 0.2) is 36.5 Å². The monoisotopic (exact) mass is 312 g/mol. The maximum atomic E-state index is 11.0. The van der Waals surface area contributed by atoms with Crippen molar-refractivity contribution in [2.24, 2.45) is 0 Å². The van der Waals surface area contributed by atoms with Gasteiger partial charge in [-0.3, -0.25) is 0 Å². The SMILES string of the molecule is Cc1nc(-n2cc(C=Cc3ccccc3)nn2)sc1C(=O)O. The van der Waals surface area contributed by atoms with Crippen molar-refractivity contribution >= 4 is 29.5 Å². The summed E-state index contributed by atoms with van der Waals surface area (Å²) < 4.78 is 1.48. The van der Waals surface area contributed by atoms with Gasteiger partial charge in [0, 0.05) is 0 Å². The van der Waals surface area contributed by atoms with Gasteiger partial charge in [0.05, 0.1) is 11.9 Å². The van der Waals surface area contributed by atoms with E-state index in [2.05, 4.69) is 15.3 Å². The number of carbonyl (C=O) groups is 1. The van der Waals surface area contributed by atoms with Gasteiger partial charge in [-0.2, -0.15) is 4.68 Å². The van der Waals surface area contributed by atoms with E-state index in [1.165, 1.54) is 4.68 Å². The van der Waals surface area contributed by atoms with Crippen LogP contribution in [0.3, 0.4) is 0 Å². The Balaban J connectivity index is 1.83. The number of thiazole rings is 1. The Kier molecular flexibility index (Phi) is 3.80. The van der Waals surface area contributed by atoms with E-state index in [4.69, 9.17) is 5.11 Å². The smallest absolute Gasteiger partial charge is 0.347 e. The molecule has 22 heavy (non-hydrogen) atoms. The normalized spacial score (nSPS) is 11.1. The number of benzene rings is 1. The second kappa shape index (κ2) is 5.90. The first kappa shape index (κ1) is 14.2. The van der Waals surface area contributed by atoms with Crippen LogP contribution in [-0.2, 0) is 0 Å². The summed E-state index contributed by atoms with van der Waals surface area (Å²) in [7, 11) is 0. The molecule has 0 unspecified atom stereocenters. The molecule has 110 valence electrons. The molecule has 0 aliphatic carbocycles. The second-order valence-electron chi connectivity index (χ2n) is 4.55. The lowest BCUT2D eigenvalue weighted by molar-refractivity contribution is 0.0701. The first-order chi connectivity index (χ1) is 10.6. The lowest BCUT2D eigenvalue weighted by atomic mass is 10.2. The van der Waals surface area contributed by atoms with E-state index in [-0.39, 0.29) is 4.88 Å². The van der Waals surface area contributed by atoms with Crippen LogP contribution in [0.5, 0.6) is 0 Å². The molecule has 1 aromatic carbocycles. The summed E-state index contributed by atoms with van der Waals surface area (Å²) in [5.74, 6) is -0.981. The molecule has 0 aliphatic heterocycles. The summed E-state index contributed by atoms with van der Waals surface area (Å²) in [5.41, 5.74) is 2.22. The van der Waals surface area contributed by atoms with Crippen molar-refractivity contribution in [3.63, 3.8) is 0 Å². The Morgan fingerprint density at radius 3 is 2.73 bits per heavy atom. The number of aromatic nitrogens is 4. The van der Waals surface area contributed by atoms with Crippen molar-refractivity contribution in [2.75, 3.05) is 0 Å². The molecule has 3 rings (SSSR count). The number of carboxylic acids is 1. The minimum Gasteiger partial charge on any atom is -0.477 e. The predicted molar refractivity (Wildman–Crippen MR) is 84.1 cm³/mol. The zero-order valence-electron chi connectivity index (χ0n) is 11.7. The molecular weight excluding hydrogens is 300 g/mol. The molecule has 6 nitrogen and oxygen atoms in total. The van der Waals surface area contributed by atoms with Gasteiger partial charge in [-0.1, -0.05) is 53.0 Å². The van der Waals surface area contributed by atoms with Crippen LogP contribution in [0.25, 0.3) is 17.3 Å². The first-order valence-electron chi connectivity index (χ1n) is 6.50. The van der Waals surface area contributed by atoms with Crippen LogP contribution < -0.4 is 0 Å². The second-order valence-corrected chi connectivity index (χ2v) is 5.53. The number of carboxylic acid groups (broad SMARTS) is 1. The third kappa shape index (κ3) is 2.94. The Hall–Kier alpha value is -2.80. The molecule has 7 heteroatoms. The van der Waals surface area contributed by atoms with Gasteiger partial charge >= 0.3 is 5.97 Å². The highest BCUT2D eigenvalue weighted by molar-refractivity contribution is 7.16. The molecule has 2 aromatic heterocycles. The average Bonchev–Trinajstić information content (AvgIpc) is 3.12. The van der Waals surface area contributed by atoms with Gasteiger partial charge in [0.25, 0.3) is 0 Å². The molecule has 0 saturated carbocycles. The first-order valence-corrected chi connectivity index (χ1v) is 7.32. The molecule has 0 aliphatic rings. The minimum absolute atomic E-state index is 0.215. The summed E-state index contributed by atoms with van der Waals surface area (Å²) in [4.78, 5) is 15.5. The van der Waals surface area contributed by atoms with E-state index < -0.39 is 5.97 Å². The number of aryl methyl sites for hydroxylation is 1. The van der Waals surface area contributed by atoms with Crippen LogP contribution in [0, 0.1) is 6.92 Å². The molecule has 0 amide bonds. The maximum Gasteiger partial charge on any atom is 0.347 e. The number of rotatable bonds is 4. The molecule has 0 atom stereocenters. The molecule has 0 spiro atoms. The van der Waals surface area contributed by atoms with Gasteiger partial charge in [-0.25, -0.2) is 9.78 Å². The Morgan fingerprint density at radius 2 is 2.05 bits per heavy atom. The van der Waals surface area contributed by atoms with Gasteiger partial charge in [-0.05, 0) is 18.6 Å². The van der Waals surface area contributed by atoms with E-state index >= 15 is 0 Å². The highest BCUT2D eigenvalue weighted by Gasteiger charge is 2.15. The summed E-state index contributed by atoms with van der Waals surface area (Å²) in [5, 5.41) is 17.6. The fourth-order valence-electron chi connectivity index (χ4n) is 1.87. The minimum atomic E-state index is -0.981. The van der Waals surface area contributed by atoms with E-state index in [1.54, 1.807) is 13.1 Å². The number of hydrogen-bond donors (Lipinski definition) is 1. The molecular formula is C15H12N4O2S. The van der Waals surface area contributed by atoms with E-state index in [1.807, 2.05) is 42.5 Å². The van der Waals surface area contributed by atoms with Crippen molar-refractivity contribution in [2.45, 2.75) is 6.92 Å². The summed E-state index contributed by atoms with van der Waals surface area (Å²) in [6, 6.07) is 9.86. The summed E-state index contributed by atoms with van der Waals surface area (Å²) in [6.07, 6.45) is 5.49. The van der Waals surface area contributed by atoms with Gasteiger partial charge in [0.1, 0.15) is 10.6 Å². The van der Waals surface area contributed by atoms with Gasteiger partial charge in [-0.15, -0.1) is 5.10 Å². The van der Waals surface area contributed by atoms with Crippen LogP contribution in [-0.4, -0.2) is 31.1 Å². The summed E-state index contributed by atoms with van der Waals surface area (Å²) >= 11 is 1.07. The van der Waals surface area contributed by atoms with Crippen LogP contribution in [0.4, 0.5) is 0 Å². The van der Waals surface area contributed by atoms with Crippen molar-refractivity contribution in [1.82, 2.24) is 20.0 Å². The lowest BCUT2D eigenvalue weighted by Gasteiger charge is -1.90. The fourth-order valence-corrected chi connectivity index (χ4v) is 2.70. The average molecular weight is 312 g/mol. The lowest BCUT2D eigenvalue weighted by Crippen LogP contribution is -1.94. The van der Waals surface area contributed by atoms with Crippen molar-refractivity contribution in [3.8, 4) is 5.13 Å². The van der Waals surface area contributed by atoms with Crippen LogP contribution in [0.1, 0.15) is 26.6 Å². The zero-order chi connectivity index (χ0) is 15.5. The number of aromatic carboxylic acids is 1. The van der Waals surface area contributed by atoms with E-state index in [9.17, 15) is 4.79 Å². The fraction of sp³-hybridized carbons (Fsp3) is 0.0667. The Bertz CT molecular complexity index is 836. The zero-order valence-corrected chi connectivity index (χ0v) is 12.5. The number of hydrogen-bond acceptors (Lipinski definition) is 5. The Morgan fingerprint density at radius 1 is 1.27 bits per heavy atom. The predicted octanol–water partition coefficient (Wildman–Crippen LogP) is 2.90.